The Morgan fingerprint density at radius 2 is 0.976 bits per heavy atom. The molecular weight excluding hydrogens is 540 g/mol. The van der Waals surface area contributed by atoms with Crippen LogP contribution in [0, 0.1) is 5.92 Å². The van der Waals surface area contributed by atoms with Gasteiger partial charge in [-0.15, -0.1) is 0 Å². The van der Waals surface area contributed by atoms with Gasteiger partial charge in [0.1, 0.15) is 29.9 Å². The second kappa shape index (κ2) is 21.7. The highest BCUT2D eigenvalue weighted by Gasteiger charge is 2.13. The summed E-state index contributed by atoms with van der Waals surface area (Å²) in [6.45, 7) is 3.39. The quantitative estimate of drug-likeness (QED) is 0.164. The van der Waals surface area contributed by atoms with Crippen molar-refractivity contribution in [3.05, 3.63) is 65.7 Å². The van der Waals surface area contributed by atoms with Crippen molar-refractivity contribution in [3.63, 3.8) is 0 Å². The molecule has 0 fully saturated rings. The fraction of sp³-hybridized carbons (Fsp3) is 0.407. The number of aliphatic carboxylic acids is 4. The van der Waals surface area contributed by atoms with E-state index in [9.17, 15) is 19.2 Å². The highest BCUT2D eigenvalue weighted by Crippen LogP contribution is 2.10. The zero-order valence-corrected chi connectivity index (χ0v) is 23.0. The zero-order chi connectivity index (χ0) is 32.1. The Hall–Kier alpha value is -4.08. The fourth-order valence-corrected chi connectivity index (χ4v) is 2.62. The van der Waals surface area contributed by atoms with Crippen LogP contribution < -0.4 is 22.9 Å². The van der Waals surface area contributed by atoms with Crippen LogP contribution in [0.25, 0.3) is 0 Å². The lowest BCUT2D eigenvalue weighted by atomic mass is 10.1. The predicted octanol–water partition coefficient (Wildman–Crippen LogP) is -0.177. The summed E-state index contributed by atoms with van der Waals surface area (Å²) in [5.41, 5.74) is 22.4. The van der Waals surface area contributed by atoms with Crippen molar-refractivity contribution in [1.29, 1.82) is 0 Å². The highest BCUT2D eigenvalue weighted by molar-refractivity contribution is 5.74. The van der Waals surface area contributed by atoms with Crippen molar-refractivity contribution in [3.8, 4) is 5.75 Å². The van der Waals surface area contributed by atoms with Crippen molar-refractivity contribution in [1.82, 2.24) is 0 Å². The summed E-state index contributed by atoms with van der Waals surface area (Å²) < 4.78 is 0. The molecule has 2 aromatic carbocycles. The summed E-state index contributed by atoms with van der Waals surface area (Å²) in [4.78, 5) is 40.5. The SMILES string of the molecule is CC(C)CC(N)C(=O)O.NC(CO)C(=O)O.NC(Cc1ccc(O)cc1)C(=O)O.NC(Cc1ccccc1)C(=O)O. The third-order valence-corrected chi connectivity index (χ3v) is 4.88. The monoisotopic (exact) mass is 582 g/mol. The van der Waals surface area contributed by atoms with Gasteiger partial charge in [-0.1, -0.05) is 56.3 Å². The molecule has 0 heterocycles. The smallest absolute Gasteiger partial charge is 0.322 e. The Bertz CT molecular complexity index is 1040. The van der Waals surface area contributed by atoms with Crippen molar-refractivity contribution >= 4 is 23.9 Å². The van der Waals surface area contributed by atoms with E-state index < -0.39 is 54.7 Å². The molecule has 0 aliphatic heterocycles. The van der Waals surface area contributed by atoms with Crippen LogP contribution in [0.1, 0.15) is 31.4 Å². The van der Waals surface area contributed by atoms with E-state index in [1.54, 1.807) is 12.1 Å². The Balaban J connectivity index is 0. The van der Waals surface area contributed by atoms with Gasteiger partial charge in [0.15, 0.2) is 0 Å². The maximum Gasteiger partial charge on any atom is 0.322 e. The van der Waals surface area contributed by atoms with E-state index in [1.165, 1.54) is 12.1 Å². The van der Waals surface area contributed by atoms with Crippen LogP contribution in [-0.4, -0.2) is 85.3 Å². The van der Waals surface area contributed by atoms with Crippen LogP contribution in [0.4, 0.5) is 0 Å². The van der Waals surface area contributed by atoms with Gasteiger partial charge in [0.05, 0.1) is 6.61 Å². The molecule has 0 bridgehead atoms. The molecule has 0 saturated carbocycles. The van der Waals surface area contributed by atoms with E-state index in [0.29, 0.717) is 18.8 Å². The van der Waals surface area contributed by atoms with Gasteiger partial charge in [-0.3, -0.25) is 19.2 Å². The van der Waals surface area contributed by atoms with Crippen LogP contribution in [0.15, 0.2) is 54.6 Å². The molecule has 14 nitrogen and oxygen atoms in total. The standard InChI is InChI=1S/C9H11NO3.C9H11NO2.C6H13NO2.C3H7NO3/c10-8(9(12)13)5-6-1-3-7(11)4-2-6;10-8(9(11)12)6-7-4-2-1-3-5-7;1-4(2)3-5(7)6(8)9;4-2(1-5)3(6)7/h1-4,8,11H,5,10H2,(H,12,13);1-5,8H,6,10H2,(H,11,12);4-5H,3,7H2,1-2H3,(H,8,9);2,5H,1,4H2,(H,6,7). The third-order valence-electron chi connectivity index (χ3n) is 4.88. The van der Waals surface area contributed by atoms with Gasteiger partial charge in [-0.25, -0.2) is 0 Å². The predicted molar refractivity (Wildman–Crippen MR) is 151 cm³/mol. The van der Waals surface area contributed by atoms with Crippen LogP contribution >= 0.6 is 0 Å². The number of aliphatic hydroxyl groups is 1. The molecule has 230 valence electrons. The van der Waals surface area contributed by atoms with E-state index in [0.717, 1.165) is 11.1 Å². The molecule has 0 spiro atoms. The molecule has 0 aliphatic carbocycles. The number of rotatable bonds is 11. The fourth-order valence-electron chi connectivity index (χ4n) is 2.62. The summed E-state index contributed by atoms with van der Waals surface area (Å²) in [6.07, 6.45) is 1.21. The zero-order valence-electron chi connectivity index (χ0n) is 23.0. The minimum atomic E-state index is -1.18. The lowest BCUT2D eigenvalue weighted by Crippen LogP contribution is -2.33. The maximum absolute atomic E-state index is 10.4. The number of nitrogens with two attached hydrogens (primary N) is 4. The van der Waals surface area contributed by atoms with E-state index in [1.807, 2.05) is 44.2 Å². The summed E-state index contributed by atoms with van der Waals surface area (Å²) in [6, 6.07) is 12.2. The van der Waals surface area contributed by atoms with Gasteiger partial charge in [-0.05, 0) is 48.4 Å². The lowest BCUT2D eigenvalue weighted by Gasteiger charge is -2.07. The number of aliphatic hydroxyl groups excluding tert-OH is 1. The third kappa shape index (κ3) is 21.4. The normalized spacial score (nSPS) is 12.9. The van der Waals surface area contributed by atoms with Crippen LogP contribution in [0.5, 0.6) is 5.75 Å². The molecule has 41 heavy (non-hydrogen) atoms. The number of phenols is 1. The molecule has 0 radical (unpaired) electrons. The maximum atomic E-state index is 10.4. The van der Waals surface area contributed by atoms with Crippen molar-refractivity contribution < 1.29 is 49.8 Å². The molecule has 2 rings (SSSR count). The number of carbonyl (C=O) groups is 4. The van der Waals surface area contributed by atoms with Gasteiger partial charge >= 0.3 is 23.9 Å². The van der Waals surface area contributed by atoms with Gasteiger partial charge in [0.25, 0.3) is 0 Å². The minimum Gasteiger partial charge on any atom is -0.508 e. The van der Waals surface area contributed by atoms with Crippen molar-refractivity contribution in [2.24, 2.45) is 28.9 Å². The highest BCUT2D eigenvalue weighted by atomic mass is 16.4. The Kier molecular flexibility index (Phi) is 20.7. The first-order valence-electron chi connectivity index (χ1n) is 12.4. The number of hydrogen-bond donors (Lipinski definition) is 10. The second-order valence-corrected chi connectivity index (χ2v) is 9.15. The molecule has 0 amide bonds. The molecule has 4 unspecified atom stereocenters. The van der Waals surface area contributed by atoms with Crippen molar-refractivity contribution in [2.75, 3.05) is 6.61 Å². The first kappa shape index (κ1) is 39.1. The Morgan fingerprint density at radius 1 is 0.610 bits per heavy atom. The number of carboxylic acid groups (broad SMARTS) is 4. The topological polar surface area (TPSA) is 294 Å². The van der Waals surface area contributed by atoms with E-state index in [-0.39, 0.29) is 12.2 Å². The summed E-state index contributed by atoms with van der Waals surface area (Å²) in [5, 5.41) is 50.2. The average molecular weight is 583 g/mol. The Labute approximate surface area is 238 Å². The minimum absolute atomic E-state index is 0.160. The van der Waals surface area contributed by atoms with Gasteiger partial charge in [-0.2, -0.15) is 0 Å². The van der Waals surface area contributed by atoms with E-state index in [4.69, 9.17) is 53.6 Å². The molecule has 4 atom stereocenters. The number of phenolic OH excluding ortho intramolecular Hbond substituents is 1. The van der Waals surface area contributed by atoms with Crippen molar-refractivity contribution in [2.45, 2.75) is 57.3 Å². The van der Waals surface area contributed by atoms with E-state index in [2.05, 4.69) is 0 Å². The number of benzene rings is 2. The molecule has 14 N–H and O–H groups in total. The van der Waals surface area contributed by atoms with E-state index >= 15 is 0 Å². The van der Waals surface area contributed by atoms with Gasteiger partial charge in [0, 0.05) is 0 Å². The number of hydrogen-bond acceptors (Lipinski definition) is 10. The Morgan fingerprint density at radius 3 is 1.24 bits per heavy atom. The molecule has 0 aromatic heterocycles. The van der Waals surface area contributed by atoms with Crippen LogP contribution in [-0.2, 0) is 32.0 Å². The number of aromatic hydroxyl groups is 1. The first-order chi connectivity index (χ1) is 19.0. The first-order valence-corrected chi connectivity index (χ1v) is 12.4. The van der Waals surface area contributed by atoms with Gasteiger partial charge in [0.2, 0.25) is 0 Å². The van der Waals surface area contributed by atoms with Crippen LogP contribution in [0.2, 0.25) is 0 Å². The second-order valence-electron chi connectivity index (χ2n) is 9.15. The largest absolute Gasteiger partial charge is 0.508 e. The summed E-state index contributed by atoms with van der Waals surface area (Å²) in [7, 11) is 0. The average Bonchev–Trinajstić information content (AvgIpc) is 2.90. The van der Waals surface area contributed by atoms with Gasteiger partial charge < -0.3 is 53.6 Å². The number of carboxylic acids is 4. The molecule has 0 saturated heterocycles. The molecular formula is C27H42N4O10. The molecule has 0 aliphatic rings. The molecule has 2 aromatic rings. The summed E-state index contributed by atoms with van der Waals surface area (Å²) in [5.74, 6) is -3.55. The lowest BCUT2D eigenvalue weighted by molar-refractivity contribution is -0.140. The molecule has 14 heteroatoms. The van der Waals surface area contributed by atoms with Crippen LogP contribution in [0.3, 0.4) is 0 Å². The summed E-state index contributed by atoms with van der Waals surface area (Å²) >= 11 is 0.